The van der Waals surface area contributed by atoms with Gasteiger partial charge in [0, 0.05) is 6.42 Å². The Labute approximate surface area is 207 Å². The molecule has 5 aromatic rings. The van der Waals surface area contributed by atoms with E-state index in [1.54, 1.807) is 0 Å². The van der Waals surface area contributed by atoms with Crippen molar-refractivity contribution in [2.24, 2.45) is 0 Å². The summed E-state index contributed by atoms with van der Waals surface area (Å²) >= 11 is 0. The zero-order valence-corrected chi connectivity index (χ0v) is 20.6. The number of hydrogen-bond acceptors (Lipinski definition) is 1. The Hall–Kier alpha value is -3.74. The molecule has 0 spiro atoms. The molecule has 0 saturated carbocycles. The average molecular weight is 475 g/mol. The number of carboxylic acids is 1. The van der Waals surface area contributed by atoms with Crippen LogP contribution in [-0.2, 0) is 11.2 Å². The number of carbonyl (C=O) groups is 1. The highest BCUT2D eigenvalue weighted by Crippen LogP contribution is 2.40. The number of benzene rings is 5. The number of aryl methyl sites for hydroxylation is 2. The van der Waals surface area contributed by atoms with Crippen LogP contribution in [0.1, 0.15) is 17.5 Å². The molecule has 5 rings (SSSR count). The summed E-state index contributed by atoms with van der Waals surface area (Å²) in [7, 11) is -0.809. The van der Waals surface area contributed by atoms with Crippen molar-refractivity contribution < 1.29 is 9.90 Å². The van der Waals surface area contributed by atoms with E-state index in [1.807, 2.05) is 0 Å². The summed E-state index contributed by atoms with van der Waals surface area (Å²) in [6, 6.07) is 40.8. The second-order valence-electron chi connectivity index (χ2n) is 8.74. The number of carboxylic acid groups (broad SMARTS) is 1. The van der Waals surface area contributed by atoms with E-state index in [0.29, 0.717) is 6.42 Å². The van der Waals surface area contributed by atoms with Gasteiger partial charge in [0.1, 0.15) is 0 Å². The third-order valence-corrected chi connectivity index (χ3v) is 8.82. The molecule has 2 nitrogen and oxygen atoms in total. The molecule has 0 radical (unpaired) electrons. The van der Waals surface area contributed by atoms with Crippen LogP contribution in [0.2, 0.25) is 0 Å². The Balaban J connectivity index is 1.81. The van der Waals surface area contributed by atoms with Crippen molar-refractivity contribution in [1.29, 1.82) is 0 Å². The highest BCUT2D eigenvalue weighted by Gasteiger charge is 2.22. The molecule has 0 unspecified atom stereocenters. The molecule has 0 atom stereocenters. The van der Waals surface area contributed by atoms with E-state index in [1.165, 1.54) is 32.4 Å². The lowest BCUT2D eigenvalue weighted by molar-refractivity contribution is -0.136. The number of hydrogen-bond donors (Lipinski definition) is 1. The smallest absolute Gasteiger partial charge is 0.303 e. The van der Waals surface area contributed by atoms with Crippen molar-refractivity contribution in [2.75, 3.05) is 0 Å². The Bertz CT molecular complexity index is 1440. The molecule has 0 aliphatic carbocycles. The van der Waals surface area contributed by atoms with Gasteiger partial charge < -0.3 is 5.11 Å². The van der Waals surface area contributed by atoms with Gasteiger partial charge in [-0.1, -0.05) is 121 Å². The van der Waals surface area contributed by atoms with Crippen LogP contribution in [0.5, 0.6) is 0 Å². The van der Waals surface area contributed by atoms with Crippen LogP contribution < -0.4 is 15.9 Å². The fraction of sp³-hybridized carbons (Fsp3) is 0.0938. The molecule has 0 amide bonds. The highest BCUT2D eigenvalue weighted by atomic mass is 31.1. The zero-order chi connectivity index (χ0) is 24.2. The maximum atomic E-state index is 11.5. The summed E-state index contributed by atoms with van der Waals surface area (Å²) < 4.78 is 0. The summed E-state index contributed by atoms with van der Waals surface area (Å²) in [5.74, 6) is -0.774. The summed E-state index contributed by atoms with van der Waals surface area (Å²) in [4.78, 5) is 11.5. The van der Waals surface area contributed by atoms with Gasteiger partial charge in [-0.25, -0.2) is 0 Å². The normalized spacial score (nSPS) is 11.1. The number of aliphatic carboxylic acids is 1. The Morgan fingerprint density at radius 3 is 2.03 bits per heavy atom. The van der Waals surface area contributed by atoms with Crippen molar-refractivity contribution in [1.82, 2.24) is 0 Å². The third-order valence-electron chi connectivity index (χ3n) is 6.31. The minimum absolute atomic E-state index is 0.110. The molecule has 0 saturated heterocycles. The van der Waals surface area contributed by atoms with E-state index >= 15 is 0 Å². The van der Waals surface area contributed by atoms with E-state index < -0.39 is 13.9 Å². The molecule has 0 bridgehead atoms. The van der Waals surface area contributed by atoms with Crippen LogP contribution in [0.4, 0.5) is 0 Å². The first-order valence-electron chi connectivity index (χ1n) is 11.9. The molecule has 0 aliphatic rings. The lowest BCUT2D eigenvalue weighted by atomic mass is 9.90. The molecule has 35 heavy (non-hydrogen) atoms. The van der Waals surface area contributed by atoms with Gasteiger partial charge in [-0.15, -0.1) is 0 Å². The Kier molecular flexibility index (Phi) is 6.75. The predicted molar refractivity (Wildman–Crippen MR) is 149 cm³/mol. The van der Waals surface area contributed by atoms with E-state index in [9.17, 15) is 9.90 Å². The SMILES string of the molecule is Cc1ccc(P(c2ccccc2)c2ccccc2)c(-c2c(CCC(=O)O)ccc3ccccc23)c1. The van der Waals surface area contributed by atoms with E-state index in [0.717, 1.165) is 16.5 Å². The predicted octanol–water partition coefficient (Wildman–Crippen LogP) is 6.59. The summed E-state index contributed by atoms with van der Waals surface area (Å²) in [5, 5.41) is 15.6. The molecular formula is C32H27O2P. The minimum Gasteiger partial charge on any atom is -0.481 e. The average Bonchev–Trinajstić information content (AvgIpc) is 2.89. The standard InChI is InChI=1S/C32H27O2P/c1-23-16-20-30(35(26-11-4-2-5-12-26)27-13-6-3-7-14-27)29(22-23)32-25(19-21-31(33)34)18-17-24-10-8-9-15-28(24)32/h2-18,20,22H,19,21H2,1H3,(H,33,34). The lowest BCUT2D eigenvalue weighted by Gasteiger charge is -2.25. The molecule has 3 heteroatoms. The molecule has 1 N–H and O–H groups in total. The summed E-state index contributed by atoms with van der Waals surface area (Å²) in [5.41, 5.74) is 4.62. The molecular weight excluding hydrogens is 447 g/mol. The molecule has 0 fully saturated rings. The first-order chi connectivity index (χ1) is 17.1. The van der Waals surface area contributed by atoms with Gasteiger partial charge in [0.25, 0.3) is 0 Å². The van der Waals surface area contributed by atoms with Crippen molar-refractivity contribution in [3.63, 3.8) is 0 Å². The van der Waals surface area contributed by atoms with Crippen LogP contribution in [0.3, 0.4) is 0 Å². The van der Waals surface area contributed by atoms with Gasteiger partial charge in [-0.3, -0.25) is 4.79 Å². The second-order valence-corrected chi connectivity index (χ2v) is 10.9. The Morgan fingerprint density at radius 1 is 0.743 bits per heavy atom. The largest absolute Gasteiger partial charge is 0.481 e. The fourth-order valence-corrected chi connectivity index (χ4v) is 7.15. The first kappa shape index (κ1) is 23.0. The maximum absolute atomic E-state index is 11.5. The third kappa shape index (κ3) is 4.90. The second kappa shape index (κ2) is 10.3. The monoisotopic (exact) mass is 474 g/mol. The maximum Gasteiger partial charge on any atom is 0.303 e. The lowest BCUT2D eigenvalue weighted by Crippen LogP contribution is -2.22. The fourth-order valence-electron chi connectivity index (χ4n) is 4.71. The van der Waals surface area contributed by atoms with Crippen molar-refractivity contribution in [3.05, 3.63) is 126 Å². The molecule has 5 aromatic carbocycles. The summed E-state index contributed by atoms with van der Waals surface area (Å²) in [6.07, 6.45) is 0.607. The van der Waals surface area contributed by atoms with Gasteiger partial charge in [0.05, 0.1) is 0 Å². The van der Waals surface area contributed by atoms with Crippen LogP contribution >= 0.6 is 7.92 Å². The van der Waals surface area contributed by atoms with Crippen molar-refractivity contribution in [3.8, 4) is 11.1 Å². The minimum atomic E-state index is -0.809. The van der Waals surface area contributed by atoms with Crippen molar-refractivity contribution in [2.45, 2.75) is 19.8 Å². The van der Waals surface area contributed by atoms with E-state index in [2.05, 4.69) is 122 Å². The molecule has 172 valence electrons. The van der Waals surface area contributed by atoms with Crippen LogP contribution in [0, 0.1) is 6.92 Å². The van der Waals surface area contributed by atoms with Gasteiger partial charge >= 0.3 is 5.97 Å². The zero-order valence-electron chi connectivity index (χ0n) is 19.7. The van der Waals surface area contributed by atoms with Crippen molar-refractivity contribution >= 4 is 40.6 Å². The first-order valence-corrected chi connectivity index (χ1v) is 13.2. The molecule has 0 aliphatic heterocycles. The Morgan fingerprint density at radius 2 is 1.37 bits per heavy atom. The van der Waals surface area contributed by atoms with E-state index in [4.69, 9.17) is 0 Å². The van der Waals surface area contributed by atoms with Crippen LogP contribution in [-0.4, -0.2) is 11.1 Å². The summed E-state index contributed by atoms with van der Waals surface area (Å²) in [6.45, 7) is 2.13. The van der Waals surface area contributed by atoms with Gasteiger partial charge in [-0.05, 0) is 64.6 Å². The quantitative estimate of drug-likeness (QED) is 0.270. The molecule has 0 aromatic heterocycles. The van der Waals surface area contributed by atoms with Gasteiger partial charge in [0.2, 0.25) is 0 Å². The van der Waals surface area contributed by atoms with Crippen LogP contribution in [0.15, 0.2) is 115 Å². The van der Waals surface area contributed by atoms with E-state index in [-0.39, 0.29) is 6.42 Å². The van der Waals surface area contributed by atoms with Gasteiger partial charge in [-0.2, -0.15) is 0 Å². The van der Waals surface area contributed by atoms with Crippen LogP contribution in [0.25, 0.3) is 21.9 Å². The highest BCUT2D eigenvalue weighted by molar-refractivity contribution is 7.80. The number of rotatable bonds is 7. The topological polar surface area (TPSA) is 37.3 Å². The van der Waals surface area contributed by atoms with Gasteiger partial charge in [0.15, 0.2) is 0 Å². The number of fused-ring (bicyclic) bond motifs is 1. The molecule has 0 heterocycles.